The summed E-state index contributed by atoms with van der Waals surface area (Å²) in [6, 6.07) is 13.5. The molecule has 2 N–H and O–H groups in total. The second kappa shape index (κ2) is 4.90. The smallest absolute Gasteiger partial charge is 0.214 e. The van der Waals surface area contributed by atoms with Gasteiger partial charge in [-0.15, -0.1) is 0 Å². The van der Waals surface area contributed by atoms with Crippen LogP contribution in [0.3, 0.4) is 0 Å². The topological polar surface area (TPSA) is 48.1 Å². The number of nitrogens with two attached hydrogens (primary N) is 1. The molecule has 0 saturated carbocycles. The molecular weight excluding hydrogens is 220 g/mol. The third-order valence-corrected chi connectivity index (χ3v) is 3.06. The average molecular weight is 232 g/mol. The summed E-state index contributed by atoms with van der Waals surface area (Å²) in [5.41, 5.74) is 6.51. The van der Waals surface area contributed by atoms with Crippen molar-refractivity contribution in [3.63, 3.8) is 0 Å². The van der Waals surface area contributed by atoms with Crippen molar-refractivity contribution in [2.45, 2.75) is 9.92 Å². The SMILES string of the molecule is COc1ccc(N)c(Sc2ccccc2)n1. The predicted octanol–water partition coefficient (Wildman–Crippen LogP) is 2.82. The van der Waals surface area contributed by atoms with Crippen LogP contribution in [0.4, 0.5) is 5.69 Å². The van der Waals surface area contributed by atoms with E-state index in [1.165, 1.54) is 11.8 Å². The van der Waals surface area contributed by atoms with Gasteiger partial charge in [-0.1, -0.05) is 30.0 Å². The summed E-state index contributed by atoms with van der Waals surface area (Å²) in [4.78, 5) is 5.41. The van der Waals surface area contributed by atoms with Gasteiger partial charge in [0, 0.05) is 11.0 Å². The number of nitrogen functional groups attached to an aromatic ring is 1. The molecule has 0 saturated heterocycles. The highest BCUT2D eigenvalue weighted by Gasteiger charge is 2.05. The number of hydrogen-bond acceptors (Lipinski definition) is 4. The maximum atomic E-state index is 5.85. The van der Waals surface area contributed by atoms with Gasteiger partial charge in [-0.05, 0) is 18.2 Å². The summed E-state index contributed by atoms with van der Waals surface area (Å²) in [5.74, 6) is 0.577. The van der Waals surface area contributed by atoms with Gasteiger partial charge in [0.15, 0.2) is 0 Å². The quantitative estimate of drug-likeness (QED) is 0.884. The molecule has 3 nitrogen and oxygen atoms in total. The van der Waals surface area contributed by atoms with Crippen molar-refractivity contribution in [1.29, 1.82) is 0 Å². The minimum Gasteiger partial charge on any atom is -0.481 e. The Kier molecular flexibility index (Phi) is 3.31. The van der Waals surface area contributed by atoms with Crippen LogP contribution in [0.25, 0.3) is 0 Å². The van der Waals surface area contributed by atoms with E-state index in [2.05, 4.69) is 4.98 Å². The van der Waals surface area contributed by atoms with Crippen molar-refractivity contribution in [2.24, 2.45) is 0 Å². The fraction of sp³-hybridized carbons (Fsp3) is 0.0833. The van der Waals surface area contributed by atoms with Gasteiger partial charge in [0.1, 0.15) is 5.03 Å². The fourth-order valence-corrected chi connectivity index (χ4v) is 2.07. The number of nitrogens with zero attached hydrogens (tertiary/aromatic N) is 1. The van der Waals surface area contributed by atoms with Crippen LogP contribution in [0.5, 0.6) is 5.88 Å². The van der Waals surface area contributed by atoms with Gasteiger partial charge >= 0.3 is 0 Å². The van der Waals surface area contributed by atoms with Gasteiger partial charge in [0.2, 0.25) is 5.88 Å². The largest absolute Gasteiger partial charge is 0.481 e. The van der Waals surface area contributed by atoms with E-state index < -0.39 is 0 Å². The van der Waals surface area contributed by atoms with Crippen LogP contribution in [0.15, 0.2) is 52.4 Å². The lowest BCUT2D eigenvalue weighted by atomic mass is 10.4. The van der Waals surface area contributed by atoms with E-state index in [1.807, 2.05) is 30.3 Å². The van der Waals surface area contributed by atoms with Gasteiger partial charge in [-0.25, -0.2) is 4.98 Å². The summed E-state index contributed by atoms with van der Waals surface area (Å²) in [6.07, 6.45) is 0. The number of methoxy groups -OCH3 is 1. The Balaban J connectivity index is 2.27. The number of aromatic nitrogens is 1. The lowest BCUT2D eigenvalue weighted by Gasteiger charge is -2.06. The van der Waals surface area contributed by atoms with Crippen LogP contribution in [0, 0.1) is 0 Å². The zero-order chi connectivity index (χ0) is 11.4. The number of pyridine rings is 1. The molecule has 4 heteroatoms. The molecule has 2 aromatic rings. The molecule has 1 aromatic heterocycles. The Bertz CT molecular complexity index is 474. The summed E-state index contributed by atoms with van der Waals surface area (Å²) in [7, 11) is 1.59. The number of ether oxygens (including phenoxy) is 1. The molecule has 0 spiro atoms. The highest BCUT2D eigenvalue weighted by atomic mass is 32.2. The first-order chi connectivity index (χ1) is 7.79. The molecule has 0 bridgehead atoms. The Morgan fingerprint density at radius 1 is 1.12 bits per heavy atom. The average Bonchev–Trinajstić information content (AvgIpc) is 2.33. The molecule has 1 aromatic carbocycles. The lowest BCUT2D eigenvalue weighted by Crippen LogP contribution is -1.94. The van der Waals surface area contributed by atoms with E-state index in [0.29, 0.717) is 11.6 Å². The van der Waals surface area contributed by atoms with E-state index in [0.717, 1.165) is 9.92 Å². The van der Waals surface area contributed by atoms with Crippen molar-refractivity contribution in [3.8, 4) is 5.88 Å². The highest BCUT2D eigenvalue weighted by Crippen LogP contribution is 2.31. The maximum Gasteiger partial charge on any atom is 0.214 e. The second-order valence-electron chi connectivity index (χ2n) is 3.16. The minimum atomic E-state index is 0.577. The number of benzene rings is 1. The van der Waals surface area contributed by atoms with Gasteiger partial charge in [-0.2, -0.15) is 0 Å². The third kappa shape index (κ3) is 2.46. The Morgan fingerprint density at radius 3 is 2.56 bits per heavy atom. The lowest BCUT2D eigenvalue weighted by molar-refractivity contribution is 0.395. The van der Waals surface area contributed by atoms with Gasteiger partial charge in [0.25, 0.3) is 0 Å². The summed E-state index contributed by atoms with van der Waals surface area (Å²) < 4.78 is 5.07. The molecule has 0 aliphatic heterocycles. The van der Waals surface area contributed by atoms with Gasteiger partial charge in [0.05, 0.1) is 12.8 Å². The second-order valence-corrected chi connectivity index (χ2v) is 4.23. The molecule has 0 atom stereocenters. The van der Waals surface area contributed by atoms with Crippen LogP contribution in [-0.4, -0.2) is 12.1 Å². The molecular formula is C12H12N2OS. The molecule has 0 amide bonds. The van der Waals surface area contributed by atoms with Gasteiger partial charge < -0.3 is 10.5 Å². The Morgan fingerprint density at radius 2 is 1.88 bits per heavy atom. The van der Waals surface area contributed by atoms with Crippen molar-refractivity contribution >= 4 is 17.4 Å². The molecule has 16 heavy (non-hydrogen) atoms. The fourth-order valence-electron chi connectivity index (χ4n) is 1.23. The first kappa shape index (κ1) is 10.8. The number of hydrogen-bond donors (Lipinski definition) is 1. The van der Waals surface area contributed by atoms with Crippen molar-refractivity contribution in [2.75, 3.05) is 12.8 Å². The summed E-state index contributed by atoms with van der Waals surface area (Å²) in [6.45, 7) is 0. The van der Waals surface area contributed by atoms with E-state index in [9.17, 15) is 0 Å². The van der Waals surface area contributed by atoms with E-state index >= 15 is 0 Å². The van der Waals surface area contributed by atoms with Crippen LogP contribution in [0.1, 0.15) is 0 Å². The molecule has 0 aliphatic rings. The van der Waals surface area contributed by atoms with Crippen LogP contribution < -0.4 is 10.5 Å². The number of anilines is 1. The summed E-state index contributed by atoms with van der Waals surface area (Å²) >= 11 is 1.53. The van der Waals surface area contributed by atoms with Crippen molar-refractivity contribution in [1.82, 2.24) is 4.98 Å². The van der Waals surface area contributed by atoms with Crippen LogP contribution >= 0.6 is 11.8 Å². The maximum absolute atomic E-state index is 5.85. The molecule has 0 unspecified atom stereocenters. The minimum absolute atomic E-state index is 0.577. The predicted molar refractivity (Wildman–Crippen MR) is 65.8 cm³/mol. The molecule has 1 heterocycles. The molecule has 0 radical (unpaired) electrons. The monoisotopic (exact) mass is 232 g/mol. The summed E-state index contributed by atoms with van der Waals surface area (Å²) in [5, 5.41) is 0.769. The van der Waals surface area contributed by atoms with Crippen molar-refractivity contribution < 1.29 is 4.74 Å². The molecule has 0 fully saturated rings. The molecule has 82 valence electrons. The zero-order valence-corrected chi connectivity index (χ0v) is 9.70. The van der Waals surface area contributed by atoms with Crippen LogP contribution in [-0.2, 0) is 0 Å². The van der Waals surface area contributed by atoms with Crippen LogP contribution in [0.2, 0.25) is 0 Å². The highest BCUT2D eigenvalue weighted by molar-refractivity contribution is 7.99. The Labute approximate surface area is 98.6 Å². The van der Waals surface area contributed by atoms with E-state index in [1.54, 1.807) is 19.2 Å². The first-order valence-corrected chi connectivity index (χ1v) is 5.64. The van der Waals surface area contributed by atoms with Gasteiger partial charge in [-0.3, -0.25) is 0 Å². The molecule has 2 rings (SSSR count). The third-order valence-electron chi connectivity index (χ3n) is 2.03. The first-order valence-electron chi connectivity index (χ1n) is 4.83. The van der Waals surface area contributed by atoms with E-state index in [4.69, 9.17) is 10.5 Å². The standard InChI is InChI=1S/C12H12N2OS/c1-15-11-8-7-10(13)12(14-11)16-9-5-3-2-4-6-9/h2-8H,13H2,1H3. The Hall–Kier alpha value is -1.68. The normalized spacial score (nSPS) is 10.1. The molecule has 0 aliphatic carbocycles. The number of rotatable bonds is 3. The zero-order valence-electron chi connectivity index (χ0n) is 8.88. The van der Waals surface area contributed by atoms with E-state index in [-0.39, 0.29) is 0 Å². The van der Waals surface area contributed by atoms with Crippen molar-refractivity contribution in [3.05, 3.63) is 42.5 Å².